The fourth-order valence-electron chi connectivity index (χ4n) is 0.901. The highest BCUT2D eigenvalue weighted by molar-refractivity contribution is 9.11. The zero-order chi connectivity index (χ0) is 13.8. The zero-order valence-electron chi connectivity index (χ0n) is 11.7. The van der Waals surface area contributed by atoms with E-state index in [9.17, 15) is 4.79 Å². The zero-order valence-corrected chi connectivity index (χ0v) is 14.1. The van der Waals surface area contributed by atoms with Gasteiger partial charge in [0.15, 0.2) is 0 Å². The minimum Gasteiger partial charge on any atom is -0.346 e. The molecule has 1 rings (SSSR count). The summed E-state index contributed by atoms with van der Waals surface area (Å²) >= 11 is 5.19. The smallest absolute Gasteiger partial charge is 0.209 e. The molecular formula is C13H24BrNOS. The molecule has 4 heteroatoms. The van der Waals surface area contributed by atoms with E-state index in [0.717, 1.165) is 19.5 Å². The Kier molecular flexibility index (Phi) is 13.5. The summed E-state index contributed by atoms with van der Waals surface area (Å²) in [6.07, 6.45) is 0.861. The molecule has 1 aromatic rings. The Labute approximate surface area is 118 Å². The fourth-order valence-corrected chi connectivity index (χ4v) is 2.72. The van der Waals surface area contributed by atoms with Crippen molar-refractivity contribution in [3.8, 4) is 0 Å². The van der Waals surface area contributed by atoms with E-state index in [0.29, 0.717) is 0 Å². The molecule has 1 amide bonds. The first-order valence-corrected chi connectivity index (χ1v) is 7.57. The van der Waals surface area contributed by atoms with Crippen LogP contribution >= 0.6 is 27.3 Å². The van der Waals surface area contributed by atoms with Crippen LogP contribution in [0.2, 0.25) is 0 Å². The highest BCUT2D eigenvalue weighted by Gasteiger charge is 1.95. The van der Waals surface area contributed by atoms with Gasteiger partial charge in [0.2, 0.25) is 6.41 Å². The van der Waals surface area contributed by atoms with E-state index in [2.05, 4.69) is 35.8 Å². The van der Waals surface area contributed by atoms with Crippen LogP contribution in [0.1, 0.15) is 38.1 Å². The van der Waals surface area contributed by atoms with E-state index in [1.165, 1.54) is 14.2 Å². The lowest BCUT2D eigenvalue weighted by Gasteiger charge is -2.08. The number of carbonyl (C=O) groups excluding carboxylic acids is 1. The van der Waals surface area contributed by atoms with Crippen molar-refractivity contribution in [3.05, 3.63) is 20.3 Å². The Morgan fingerprint density at radius 1 is 1.29 bits per heavy atom. The molecule has 0 aromatic carbocycles. The minimum absolute atomic E-state index is 0.819. The number of hydrogen-bond donors (Lipinski definition) is 0. The van der Waals surface area contributed by atoms with Crippen LogP contribution < -0.4 is 0 Å². The van der Waals surface area contributed by atoms with Crippen molar-refractivity contribution in [3.63, 3.8) is 0 Å². The fraction of sp³-hybridized carbons (Fsp3) is 0.615. The van der Waals surface area contributed by atoms with Gasteiger partial charge < -0.3 is 4.90 Å². The molecule has 0 aliphatic heterocycles. The molecule has 0 aliphatic rings. The Morgan fingerprint density at radius 2 is 1.76 bits per heavy atom. The number of amides is 1. The Balaban J connectivity index is 0. The van der Waals surface area contributed by atoms with Crippen molar-refractivity contribution in [2.75, 3.05) is 13.1 Å². The first-order valence-electron chi connectivity index (χ1n) is 5.97. The van der Waals surface area contributed by atoms with Crippen molar-refractivity contribution in [1.82, 2.24) is 4.90 Å². The molecule has 0 spiro atoms. The van der Waals surface area contributed by atoms with Crippen LogP contribution in [-0.2, 0) is 4.79 Å². The van der Waals surface area contributed by atoms with Crippen LogP contribution in [0.5, 0.6) is 0 Å². The van der Waals surface area contributed by atoms with E-state index in [4.69, 9.17) is 0 Å². The summed E-state index contributed by atoms with van der Waals surface area (Å²) in [5.41, 5.74) is 1.38. The van der Waals surface area contributed by atoms with Gasteiger partial charge in [-0.2, -0.15) is 0 Å². The molecule has 100 valence electrons. The lowest BCUT2D eigenvalue weighted by Crippen LogP contribution is -2.19. The summed E-state index contributed by atoms with van der Waals surface area (Å²) in [6, 6.07) is 2.14. The Bertz CT molecular complexity index is 276. The predicted octanol–water partition coefficient (Wildman–Crippen LogP) is 4.64. The molecular weight excluding hydrogens is 298 g/mol. The SMILES string of the molecule is CC.CCN(C=O)CC.Cc1cc(Br)sc1C. The summed E-state index contributed by atoms with van der Waals surface area (Å²) in [7, 11) is 0. The van der Waals surface area contributed by atoms with Gasteiger partial charge in [-0.15, -0.1) is 11.3 Å². The summed E-state index contributed by atoms with van der Waals surface area (Å²) in [5, 5.41) is 0. The first kappa shape index (κ1) is 19.0. The number of nitrogens with zero attached hydrogens (tertiary/aromatic N) is 1. The summed E-state index contributed by atoms with van der Waals surface area (Å²) < 4.78 is 1.23. The summed E-state index contributed by atoms with van der Waals surface area (Å²) in [4.78, 5) is 13.0. The van der Waals surface area contributed by atoms with Gasteiger partial charge in [0.25, 0.3) is 0 Å². The van der Waals surface area contributed by atoms with E-state index in [1.54, 1.807) is 16.2 Å². The van der Waals surface area contributed by atoms with Crippen molar-refractivity contribution in [2.45, 2.75) is 41.5 Å². The average Bonchev–Trinajstić information content (AvgIpc) is 2.62. The Morgan fingerprint density at radius 3 is 1.82 bits per heavy atom. The highest BCUT2D eigenvalue weighted by Crippen LogP contribution is 2.24. The maximum Gasteiger partial charge on any atom is 0.209 e. The van der Waals surface area contributed by atoms with Crippen molar-refractivity contribution in [2.24, 2.45) is 0 Å². The van der Waals surface area contributed by atoms with Crippen LogP contribution in [0.4, 0.5) is 0 Å². The van der Waals surface area contributed by atoms with Crippen LogP contribution in [-0.4, -0.2) is 24.4 Å². The maximum atomic E-state index is 9.89. The number of hydrogen-bond acceptors (Lipinski definition) is 2. The predicted molar refractivity (Wildman–Crippen MR) is 81.8 cm³/mol. The quantitative estimate of drug-likeness (QED) is 0.743. The van der Waals surface area contributed by atoms with E-state index >= 15 is 0 Å². The standard InChI is InChI=1S/C6H7BrS.C5H11NO.C2H6/c1-4-3-6(7)8-5(4)2;1-3-6(4-2)5-7;1-2/h3H,1-2H3;5H,3-4H2,1-2H3;1-2H3. The van der Waals surface area contributed by atoms with Gasteiger partial charge in [0.05, 0.1) is 3.79 Å². The maximum absolute atomic E-state index is 9.89. The first-order chi connectivity index (χ1) is 8.04. The van der Waals surface area contributed by atoms with Crippen LogP contribution in [0.3, 0.4) is 0 Å². The molecule has 2 nitrogen and oxygen atoms in total. The van der Waals surface area contributed by atoms with E-state index in [-0.39, 0.29) is 0 Å². The highest BCUT2D eigenvalue weighted by atomic mass is 79.9. The molecule has 1 heterocycles. The summed E-state index contributed by atoms with van der Waals surface area (Å²) in [6.45, 7) is 13.8. The van der Waals surface area contributed by atoms with Gasteiger partial charge in [-0.25, -0.2) is 0 Å². The van der Waals surface area contributed by atoms with Crippen LogP contribution in [0.15, 0.2) is 9.85 Å². The number of thiophene rings is 1. The lowest BCUT2D eigenvalue weighted by atomic mass is 10.3. The number of carbonyl (C=O) groups is 1. The molecule has 0 saturated carbocycles. The third-order valence-corrected chi connectivity index (χ3v) is 3.75. The second kappa shape index (κ2) is 12.1. The monoisotopic (exact) mass is 321 g/mol. The van der Waals surface area contributed by atoms with Gasteiger partial charge in [0.1, 0.15) is 0 Å². The minimum atomic E-state index is 0.819. The van der Waals surface area contributed by atoms with Crippen LogP contribution in [0, 0.1) is 13.8 Å². The van der Waals surface area contributed by atoms with Gasteiger partial charge >= 0.3 is 0 Å². The van der Waals surface area contributed by atoms with E-state index < -0.39 is 0 Å². The van der Waals surface area contributed by atoms with Gasteiger partial charge in [-0.3, -0.25) is 4.79 Å². The van der Waals surface area contributed by atoms with Crippen molar-refractivity contribution in [1.29, 1.82) is 0 Å². The molecule has 1 aromatic heterocycles. The topological polar surface area (TPSA) is 20.3 Å². The van der Waals surface area contributed by atoms with Crippen molar-refractivity contribution < 1.29 is 4.79 Å². The van der Waals surface area contributed by atoms with Crippen LogP contribution in [0.25, 0.3) is 0 Å². The molecule has 0 aliphatic carbocycles. The van der Waals surface area contributed by atoms with E-state index in [1.807, 2.05) is 27.7 Å². The number of aryl methyl sites for hydroxylation is 2. The molecule has 0 radical (unpaired) electrons. The summed E-state index contributed by atoms with van der Waals surface area (Å²) in [5.74, 6) is 0. The third-order valence-electron chi connectivity index (χ3n) is 2.10. The molecule has 0 saturated heterocycles. The molecule has 17 heavy (non-hydrogen) atoms. The largest absolute Gasteiger partial charge is 0.346 e. The molecule has 0 bridgehead atoms. The van der Waals surface area contributed by atoms with Gasteiger partial charge in [-0.05, 0) is 55.3 Å². The molecule has 0 fully saturated rings. The molecule has 0 unspecified atom stereocenters. The second-order valence-corrected chi connectivity index (χ2v) is 5.75. The normalized spacial score (nSPS) is 8.41. The third kappa shape index (κ3) is 9.36. The molecule has 0 N–H and O–H groups in total. The second-order valence-electron chi connectivity index (χ2n) is 3.12. The number of halogens is 1. The lowest BCUT2D eigenvalue weighted by molar-refractivity contribution is -0.117. The number of rotatable bonds is 3. The Hall–Kier alpha value is -0.350. The van der Waals surface area contributed by atoms with Gasteiger partial charge in [-0.1, -0.05) is 13.8 Å². The van der Waals surface area contributed by atoms with Gasteiger partial charge in [0, 0.05) is 18.0 Å². The molecule has 0 atom stereocenters. The van der Waals surface area contributed by atoms with Crippen molar-refractivity contribution >= 4 is 33.7 Å². The average molecular weight is 322 g/mol.